The highest BCUT2D eigenvalue weighted by Gasteiger charge is 2.26. The topological polar surface area (TPSA) is 66.5 Å². The summed E-state index contributed by atoms with van der Waals surface area (Å²) in [7, 11) is -3.85. The average molecular weight is 485 g/mol. The van der Waals surface area contributed by atoms with E-state index in [-0.39, 0.29) is 23.4 Å². The molecule has 0 fully saturated rings. The summed E-state index contributed by atoms with van der Waals surface area (Å²) in [6, 6.07) is 20.6. The SMILES string of the molecule is Cc1ccc(Cl)cc1N(Cc1ccc(C(=O)N[C@@H](C)C(C)C)cc1)S(=O)(=O)c1ccccc1. The fourth-order valence-corrected chi connectivity index (χ4v) is 4.95. The molecule has 0 saturated carbocycles. The van der Waals surface area contributed by atoms with E-state index >= 15 is 0 Å². The third kappa shape index (κ3) is 5.95. The minimum atomic E-state index is -3.85. The molecular weight excluding hydrogens is 456 g/mol. The van der Waals surface area contributed by atoms with Gasteiger partial charge in [-0.25, -0.2) is 8.42 Å². The largest absolute Gasteiger partial charge is 0.349 e. The minimum Gasteiger partial charge on any atom is -0.349 e. The molecule has 1 amide bonds. The number of hydrogen-bond donors (Lipinski definition) is 1. The molecule has 0 heterocycles. The van der Waals surface area contributed by atoms with Gasteiger partial charge in [-0.1, -0.05) is 61.8 Å². The Hall–Kier alpha value is -2.83. The number of amides is 1. The van der Waals surface area contributed by atoms with Gasteiger partial charge in [-0.05, 0) is 67.3 Å². The highest BCUT2D eigenvalue weighted by Crippen LogP contribution is 2.31. The predicted molar refractivity (Wildman–Crippen MR) is 134 cm³/mol. The maximum atomic E-state index is 13.6. The van der Waals surface area contributed by atoms with Crippen molar-refractivity contribution in [2.45, 2.75) is 45.2 Å². The lowest BCUT2D eigenvalue weighted by Crippen LogP contribution is -2.36. The van der Waals surface area contributed by atoms with Crippen molar-refractivity contribution in [3.05, 3.63) is 94.5 Å². The maximum Gasteiger partial charge on any atom is 0.264 e. The standard InChI is InChI=1S/C26H29ClN2O3S/c1-18(2)20(4)28-26(30)22-13-11-21(12-14-22)17-29(25-16-23(27)15-10-19(25)3)33(31,32)24-8-6-5-7-9-24/h5-16,18,20H,17H2,1-4H3,(H,28,30)/t20-/m0/s1. The number of aryl methyl sites for hydroxylation is 1. The van der Waals surface area contributed by atoms with Crippen molar-refractivity contribution in [2.75, 3.05) is 4.31 Å². The fourth-order valence-electron chi connectivity index (χ4n) is 3.25. The van der Waals surface area contributed by atoms with E-state index in [0.29, 0.717) is 22.2 Å². The van der Waals surface area contributed by atoms with Gasteiger partial charge in [0.25, 0.3) is 15.9 Å². The lowest BCUT2D eigenvalue weighted by Gasteiger charge is -2.26. The molecule has 0 unspecified atom stereocenters. The van der Waals surface area contributed by atoms with Crippen LogP contribution in [-0.4, -0.2) is 20.4 Å². The lowest BCUT2D eigenvalue weighted by molar-refractivity contribution is 0.0930. The highest BCUT2D eigenvalue weighted by atomic mass is 35.5. The summed E-state index contributed by atoms with van der Waals surface area (Å²) < 4.78 is 28.5. The molecule has 1 atom stereocenters. The van der Waals surface area contributed by atoms with E-state index in [1.54, 1.807) is 72.8 Å². The van der Waals surface area contributed by atoms with Crippen LogP contribution in [0.3, 0.4) is 0 Å². The fraction of sp³-hybridized carbons (Fsp3) is 0.269. The molecule has 0 aliphatic carbocycles. The number of hydrogen-bond acceptors (Lipinski definition) is 3. The van der Waals surface area contributed by atoms with E-state index in [0.717, 1.165) is 11.1 Å². The zero-order valence-corrected chi connectivity index (χ0v) is 20.8. The number of halogens is 1. The molecule has 0 radical (unpaired) electrons. The second-order valence-electron chi connectivity index (χ2n) is 8.46. The summed E-state index contributed by atoms with van der Waals surface area (Å²) in [6.45, 7) is 8.02. The zero-order valence-electron chi connectivity index (χ0n) is 19.2. The molecule has 0 bridgehead atoms. The van der Waals surface area contributed by atoms with Crippen LogP contribution in [0.4, 0.5) is 5.69 Å². The molecule has 3 rings (SSSR count). The molecule has 0 spiro atoms. The molecule has 7 heteroatoms. The van der Waals surface area contributed by atoms with Gasteiger partial charge in [0.15, 0.2) is 0 Å². The first-order chi connectivity index (χ1) is 15.6. The van der Waals surface area contributed by atoms with Crippen molar-refractivity contribution >= 4 is 33.2 Å². The number of sulfonamides is 1. The Kier molecular flexibility index (Phi) is 7.82. The number of rotatable bonds is 8. The van der Waals surface area contributed by atoms with Crippen LogP contribution in [0, 0.1) is 12.8 Å². The Morgan fingerprint density at radius 1 is 0.970 bits per heavy atom. The van der Waals surface area contributed by atoms with Crippen molar-refractivity contribution in [3.63, 3.8) is 0 Å². The summed E-state index contributed by atoms with van der Waals surface area (Å²) in [6.07, 6.45) is 0. The smallest absolute Gasteiger partial charge is 0.264 e. The Bertz CT molecular complexity index is 1210. The van der Waals surface area contributed by atoms with Crippen molar-refractivity contribution < 1.29 is 13.2 Å². The molecule has 3 aromatic rings. The Balaban J connectivity index is 1.94. The molecule has 0 aromatic heterocycles. The Morgan fingerprint density at radius 2 is 1.61 bits per heavy atom. The number of carbonyl (C=O) groups is 1. The van der Waals surface area contributed by atoms with Gasteiger partial charge >= 0.3 is 0 Å². The maximum absolute atomic E-state index is 13.6. The molecule has 33 heavy (non-hydrogen) atoms. The van der Waals surface area contributed by atoms with Crippen molar-refractivity contribution in [3.8, 4) is 0 Å². The van der Waals surface area contributed by atoms with Crippen LogP contribution in [0.2, 0.25) is 5.02 Å². The van der Waals surface area contributed by atoms with E-state index in [4.69, 9.17) is 11.6 Å². The molecule has 3 aromatic carbocycles. The molecule has 1 N–H and O–H groups in total. The van der Waals surface area contributed by atoms with E-state index in [1.165, 1.54) is 4.31 Å². The van der Waals surface area contributed by atoms with Crippen LogP contribution >= 0.6 is 11.6 Å². The van der Waals surface area contributed by atoms with E-state index in [1.807, 2.05) is 27.7 Å². The Morgan fingerprint density at radius 3 is 2.21 bits per heavy atom. The summed E-state index contributed by atoms with van der Waals surface area (Å²) in [4.78, 5) is 12.7. The third-order valence-electron chi connectivity index (χ3n) is 5.67. The van der Waals surface area contributed by atoms with Gasteiger partial charge in [-0.15, -0.1) is 0 Å². The first kappa shape index (κ1) is 24.8. The highest BCUT2D eigenvalue weighted by molar-refractivity contribution is 7.92. The minimum absolute atomic E-state index is 0.0505. The van der Waals surface area contributed by atoms with Gasteiger partial charge < -0.3 is 5.32 Å². The molecular formula is C26H29ClN2O3S. The summed E-state index contributed by atoms with van der Waals surface area (Å²) >= 11 is 6.21. The van der Waals surface area contributed by atoms with E-state index < -0.39 is 10.0 Å². The van der Waals surface area contributed by atoms with Crippen LogP contribution in [-0.2, 0) is 16.6 Å². The van der Waals surface area contributed by atoms with Crippen LogP contribution in [0.25, 0.3) is 0 Å². The van der Waals surface area contributed by atoms with Gasteiger partial charge in [0, 0.05) is 16.6 Å². The average Bonchev–Trinajstić information content (AvgIpc) is 2.80. The van der Waals surface area contributed by atoms with Gasteiger partial charge in [-0.3, -0.25) is 9.10 Å². The van der Waals surface area contributed by atoms with Gasteiger partial charge in [0.1, 0.15) is 0 Å². The quantitative estimate of drug-likeness (QED) is 0.438. The normalized spacial score (nSPS) is 12.4. The van der Waals surface area contributed by atoms with Crippen molar-refractivity contribution in [2.24, 2.45) is 5.92 Å². The monoisotopic (exact) mass is 484 g/mol. The van der Waals surface area contributed by atoms with Gasteiger partial charge in [0.05, 0.1) is 17.1 Å². The molecule has 0 aliphatic heterocycles. The molecule has 0 aliphatic rings. The first-order valence-electron chi connectivity index (χ1n) is 10.8. The van der Waals surface area contributed by atoms with E-state index in [2.05, 4.69) is 5.32 Å². The Labute approximate surface area is 201 Å². The van der Waals surface area contributed by atoms with Crippen molar-refractivity contribution in [1.82, 2.24) is 5.32 Å². The summed E-state index contributed by atoms with van der Waals surface area (Å²) in [5, 5.41) is 3.44. The van der Waals surface area contributed by atoms with Gasteiger partial charge in [0.2, 0.25) is 0 Å². The number of benzene rings is 3. The molecule has 174 valence electrons. The van der Waals surface area contributed by atoms with Gasteiger partial charge in [-0.2, -0.15) is 0 Å². The number of nitrogens with zero attached hydrogens (tertiary/aromatic N) is 1. The summed E-state index contributed by atoms with van der Waals surface area (Å²) in [5.41, 5.74) is 2.58. The summed E-state index contributed by atoms with van der Waals surface area (Å²) in [5.74, 6) is 0.174. The number of anilines is 1. The second kappa shape index (κ2) is 10.4. The first-order valence-corrected chi connectivity index (χ1v) is 12.6. The van der Waals surface area contributed by atoms with E-state index in [9.17, 15) is 13.2 Å². The van der Waals surface area contributed by atoms with Crippen LogP contribution in [0.5, 0.6) is 0 Å². The second-order valence-corrected chi connectivity index (χ2v) is 10.8. The predicted octanol–water partition coefficient (Wildman–Crippen LogP) is 5.82. The molecule has 0 saturated heterocycles. The lowest BCUT2D eigenvalue weighted by atomic mass is 10.1. The van der Waals surface area contributed by atoms with Crippen molar-refractivity contribution in [1.29, 1.82) is 0 Å². The van der Waals surface area contributed by atoms with Crippen LogP contribution in [0.15, 0.2) is 77.7 Å². The zero-order chi connectivity index (χ0) is 24.2. The number of nitrogens with one attached hydrogen (secondary N) is 1. The molecule has 5 nitrogen and oxygen atoms in total. The van der Waals surface area contributed by atoms with Crippen LogP contribution in [0.1, 0.15) is 42.3 Å². The number of carbonyl (C=O) groups excluding carboxylic acids is 1. The third-order valence-corrected chi connectivity index (χ3v) is 7.68. The van der Waals surface area contributed by atoms with Crippen LogP contribution < -0.4 is 9.62 Å².